The number of carbonyl (C=O) groups is 4. The molecule has 3 aromatic carbocycles. The van der Waals surface area contributed by atoms with Crippen molar-refractivity contribution in [2.24, 2.45) is 5.92 Å². The van der Waals surface area contributed by atoms with Crippen molar-refractivity contribution < 1.29 is 37.4 Å². The quantitative estimate of drug-likeness (QED) is 0.0935. The predicted octanol–water partition coefficient (Wildman–Crippen LogP) is 8.09. The number of thiophene rings is 1. The van der Waals surface area contributed by atoms with Gasteiger partial charge in [-0.1, -0.05) is 61.5 Å². The van der Waals surface area contributed by atoms with E-state index < -0.39 is 49.0 Å². The Morgan fingerprint density at radius 2 is 1.71 bits per heavy atom. The highest BCUT2D eigenvalue weighted by atomic mass is 32.1. The number of nitriles is 1. The number of likely N-dealkylation sites (tertiary alicyclic amines) is 2. The van der Waals surface area contributed by atoms with E-state index in [9.17, 15) is 29.0 Å². The van der Waals surface area contributed by atoms with Gasteiger partial charge in [0, 0.05) is 29.2 Å². The van der Waals surface area contributed by atoms with E-state index in [4.69, 9.17) is 9.26 Å². The Bertz CT molecular complexity index is 2510. The van der Waals surface area contributed by atoms with Gasteiger partial charge in [0.05, 0.1) is 29.0 Å². The molecule has 0 radical (unpaired) electrons. The lowest BCUT2D eigenvalue weighted by Gasteiger charge is -2.44. The van der Waals surface area contributed by atoms with Crippen molar-refractivity contribution in [1.82, 2.24) is 25.1 Å². The minimum Gasteiger partial charge on any atom is -0.465 e. The summed E-state index contributed by atoms with van der Waals surface area (Å²) in [5, 5.41) is 16.6. The molecule has 4 saturated heterocycles. The molecule has 9 rings (SSSR count). The number of amides is 3. The van der Waals surface area contributed by atoms with Gasteiger partial charge in [-0.2, -0.15) is 5.26 Å². The number of hydrogen-bond acceptors (Lipinski definition) is 10. The molecular formula is C49H56FN6O7PS. The van der Waals surface area contributed by atoms with Crippen molar-refractivity contribution in [2.75, 3.05) is 26.2 Å². The molecule has 1 unspecified atom stereocenters. The Labute approximate surface area is 383 Å². The molecule has 2 N–H and O–H groups in total. The normalized spacial score (nSPS) is 26.8. The molecule has 0 bridgehead atoms. The predicted molar refractivity (Wildman–Crippen MR) is 245 cm³/mol. The third-order valence-electron chi connectivity index (χ3n) is 14.2. The van der Waals surface area contributed by atoms with Crippen LogP contribution in [0.15, 0.2) is 84.9 Å². The summed E-state index contributed by atoms with van der Waals surface area (Å²) >= 11 is 1.19. The van der Waals surface area contributed by atoms with Crippen molar-refractivity contribution in [3.63, 3.8) is 0 Å². The summed E-state index contributed by atoms with van der Waals surface area (Å²) in [6, 6.07) is 24.3. The topological polar surface area (TPSA) is 161 Å². The van der Waals surface area contributed by atoms with E-state index in [1.54, 1.807) is 47.4 Å². The van der Waals surface area contributed by atoms with Gasteiger partial charge in [0.2, 0.25) is 17.7 Å². The molecule has 1 saturated carbocycles. The molecule has 342 valence electrons. The van der Waals surface area contributed by atoms with Crippen LogP contribution in [0.4, 0.5) is 4.39 Å². The highest BCUT2D eigenvalue weighted by Gasteiger charge is 2.64. The van der Waals surface area contributed by atoms with Crippen LogP contribution in [-0.2, 0) is 23.7 Å². The highest BCUT2D eigenvalue weighted by Crippen LogP contribution is 2.59. The first-order chi connectivity index (χ1) is 31.4. The number of nitrogens with one attached hydrogen (secondary N) is 2. The van der Waals surface area contributed by atoms with E-state index in [1.165, 1.54) is 30.4 Å². The van der Waals surface area contributed by atoms with Gasteiger partial charge in [0.1, 0.15) is 23.9 Å². The van der Waals surface area contributed by atoms with Gasteiger partial charge < -0.3 is 29.3 Å². The highest BCUT2D eigenvalue weighted by molar-refractivity contribution is 7.57. The Balaban J connectivity index is 0.950. The second-order valence-electron chi connectivity index (χ2n) is 18.3. The summed E-state index contributed by atoms with van der Waals surface area (Å²) < 4.78 is 42.8. The first kappa shape index (κ1) is 45.0. The summed E-state index contributed by atoms with van der Waals surface area (Å²) in [6.07, 6.45) is 6.32. The fourth-order valence-corrected chi connectivity index (χ4v) is 13.4. The van der Waals surface area contributed by atoms with Gasteiger partial charge in [0.25, 0.3) is 5.91 Å². The standard InChI is InChI=1S/C49H56FN6O7PS/c1-3-25-62-48(60)31(2)53-64(61,63-37-13-8-5-9-14-37)44(50)33-15-20-42-34(26-33)27-43(65-42)45(57)52-40-18-16-35(54-23-10-24-54)28-36-17-19-41(56(36)46(40)58)47(59)55-30-38(32-11-6-4-7-12-32)39(29-51)49(55)21-22-49/h4-9,11-15,20,26-27,31,35-36,38-41,44H,3,10,16-19,21-25,28,30H2,1-2H3,(H,52,57)(H,53,61)/t31-,35-,36+,38-,39-,40-,41-,44-,64?/m0/s1. The monoisotopic (exact) mass is 922 g/mol. The van der Waals surface area contributed by atoms with Crippen LogP contribution in [0.5, 0.6) is 5.75 Å². The van der Waals surface area contributed by atoms with Gasteiger partial charge in [-0.25, -0.2) is 9.48 Å². The molecule has 5 heterocycles. The molecule has 4 aliphatic heterocycles. The largest absolute Gasteiger partial charge is 0.465 e. The first-order valence-corrected chi connectivity index (χ1v) is 25.5. The van der Waals surface area contributed by atoms with Crippen LogP contribution >= 0.6 is 18.9 Å². The van der Waals surface area contributed by atoms with Gasteiger partial charge in [-0.05, 0) is 125 Å². The van der Waals surface area contributed by atoms with Crippen molar-refractivity contribution in [3.05, 3.63) is 101 Å². The van der Waals surface area contributed by atoms with Gasteiger partial charge in [-0.15, -0.1) is 11.3 Å². The number of nitrogens with zero attached hydrogens (tertiary/aromatic N) is 4. The number of hydrogen-bond donors (Lipinski definition) is 2. The molecule has 5 aliphatic rings. The van der Waals surface area contributed by atoms with Crippen LogP contribution < -0.4 is 14.9 Å². The molecule has 1 aliphatic carbocycles. The molecule has 4 aromatic rings. The van der Waals surface area contributed by atoms with Crippen molar-refractivity contribution >= 4 is 52.6 Å². The Morgan fingerprint density at radius 3 is 2.38 bits per heavy atom. The summed E-state index contributed by atoms with van der Waals surface area (Å²) in [6.45, 7) is 5.83. The van der Waals surface area contributed by atoms with Crippen LogP contribution in [0.3, 0.4) is 0 Å². The van der Waals surface area contributed by atoms with E-state index in [0.717, 1.165) is 50.8 Å². The lowest BCUT2D eigenvalue weighted by Crippen LogP contribution is -2.60. The Morgan fingerprint density at radius 1 is 0.985 bits per heavy atom. The number of fused-ring (bicyclic) bond motifs is 2. The molecule has 5 fully saturated rings. The molecular weight excluding hydrogens is 867 g/mol. The van der Waals surface area contributed by atoms with E-state index in [0.29, 0.717) is 47.2 Å². The zero-order chi connectivity index (χ0) is 45.5. The number of benzene rings is 3. The van der Waals surface area contributed by atoms with Crippen molar-refractivity contribution in [2.45, 2.75) is 119 Å². The van der Waals surface area contributed by atoms with E-state index in [1.807, 2.05) is 42.2 Å². The maximum absolute atomic E-state index is 16.7. The number of halogens is 1. The van der Waals surface area contributed by atoms with Crippen LogP contribution in [-0.4, -0.2) is 100 Å². The van der Waals surface area contributed by atoms with E-state index in [2.05, 4.69) is 21.4 Å². The number of ether oxygens (including phenoxy) is 1. The van der Waals surface area contributed by atoms with Crippen molar-refractivity contribution in [3.8, 4) is 11.8 Å². The smallest absolute Gasteiger partial charge is 0.355 e. The number of rotatable bonds is 14. The third kappa shape index (κ3) is 8.83. The van der Waals surface area contributed by atoms with Crippen LogP contribution in [0.1, 0.15) is 104 Å². The van der Waals surface area contributed by atoms with Gasteiger partial charge in [-0.3, -0.25) is 23.7 Å². The lowest BCUT2D eigenvalue weighted by molar-refractivity contribution is -0.148. The molecule has 3 amide bonds. The minimum atomic E-state index is -4.47. The first-order valence-electron chi connectivity index (χ1n) is 23.0. The van der Waals surface area contributed by atoms with Gasteiger partial charge >= 0.3 is 13.5 Å². The number of esters is 1. The third-order valence-corrected chi connectivity index (χ3v) is 17.4. The van der Waals surface area contributed by atoms with Crippen molar-refractivity contribution in [1.29, 1.82) is 5.26 Å². The fraction of sp³-hybridized carbons (Fsp3) is 0.490. The van der Waals surface area contributed by atoms with Crippen LogP contribution in [0, 0.1) is 17.2 Å². The summed E-state index contributed by atoms with van der Waals surface area (Å²) in [7, 11) is -4.47. The molecule has 9 atom stereocenters. The SMILES string of the molecule is CCCOC(=O)[C@H](C)NP(=O)(Oc1ccccc1)[C@H](F)c1ccc2sc(C(=O)N[C@H]3CC[C@H](N4CCC4)C[C@H]4CC[C@@H](C(=O)N5C[C@@H](c6ccccc6)[C@H](C#N)C56CC6)N4C3=O)cc2c1. The second-order valence-corrected chi connectivity index (χ2v) is 21.5. The zero-order valence-electron chi connectivity index (χ0n) is 36.8. The fourth-order valence-electron chi connectivity index (χ4n) is 10.6. The molecule has 1 aromatic heterocycles. The summed E-state index contributed by atoms with van der Waals surface area (Å²) in [5.74, 6) is -4.01. The summed E-state index contributed by atoms with van der Waals surface area (Å²) in [4.78, 5) is 63.1. The van der Waals surface area contributed by atoms with Gasteiger partial charge in [0.15, 0.2) is 0 Å². The molecule has 1 spiro atoms. The minimum absolute atomic E-state index is 0.0216. The molecule has 16 heteroatoms. The van der Waals surface area contributed by atoms with Crippen LogP contribution in [0.2, 0.25) is 0 Å². The molecule has 65 heavy (non-hydrogen) atoms. The number of alkyl halides is 1. The Kier molecular flexibility index (Phi) is 12.9. The number of carbonyl (C=O) groups excluding carboxylic acids is 4. The van der Waals surface area contributed by atoms with E-state index in [-0.39, 0.29) is 53.7 Å². The average molecular weight is 923 g/mol. The maximum atomic E-state index is 16.7. The Hall–Kier alpha value is -5.13. The lowest BCUT2D eigenvalue weighted by atomic mass is 9.85. The van der Waals surface area contributed by atoms with Crippen LogP contribution in [0.25, 0.3) is 10.1 Å². The molecule has 13 nitrogen and oxygen atoms in total. The maximum Gasteiger partial charge on any atom is 0.355 e. The average Bonchev–Trinajstić information content (AvgIpc) is 3.62. The number of para-hydroxylation sites is 1. The summed E-state index contributed by atoms with van der Waals surface area (Å²) in [5.41, 5.74) is 0.531. The van der Waals surface area contributed by atoms with E-state index >= 15 is 4.39 Å². The second kappa shape index (κ2) is 18.6. The zero-order valence-corrected chi connectivity index (χ0v) is 38.5.